The van der Waals surface area contributed by atoms with Crippen LogP contribution in [0.15, 0.2) is 57.9 Å². The molecule has 2 aromatic carbocycles. The van der Waals surface area contributed by atoms with Gasteiger partial charge < -0.3 is 5.73 Å². The van der Waals surface area contributed by atoms with Crippen molar-refractivity contribution in [2.75, 3.05) is 0 Å². The van der Waals surface area contributed by atoms with Gasteiger partial charge in [0.25, 0.3) is 0 Å². The Morgan fingerprint density at radius 1 is 1.15 bits per heavy atom. The molecule has 106 valence electrons. The summed E-state index contributed by atoms with van der Waals surface area (Å²) in [5.41, 5.74) is 7.31. The lowest BCUT2D eigenvalue weighted by Gasteiger charge is -2.23. The summed E-state index contributed by atoms with van der Waals surface area (Å²) in [5.74, 6) is -0.219. The zero-order valence-corrected chi connectivity index (χ0v) is 13.6. The number of thioether (sulfide) groups is 1. The normalized spacial score (nSPS) is 14.0. The molecule has 0 amide bonds. The van der Waals surface area contributed by atoms with Crippen LogP contribution in [0.1, 0.15) is 24.2 Å². The zero-order chi connectivity index (χ0) is 14.5. The fourth-order valence-electron chi connectivity index (χ4n) is 1.95. The molecule has 0 heterocycles. The van der Waals surface area contributed by atoms with E-state index in [1.54, 1.807) is 11.8 Å². The van der Waals surface area contributed by atoms with Crippen molar-refractivity contribution in [1.82, 2.24) is 0 Å². The highest BCUT2D eigenvalue weighted by Gasteiger charge is 2.20. The highest BCUT2D eigenvalue weighted by atomic mass is 79.9. The van der Waals surface area contributed by atoms with Gasteiger partial charge in [-0.15, -0.1) is 11.8 Å². The molecular formula is C16H17BrFNS. The van der Waals surface area contributed by atoms with Crippen LogP contribution in [0.3, 0.4) is 0 Å². The average Bonchev–Trinajstić information content (AvgIpc) is 2.47. The summed E-state index contributed by atoms with van der Waals surface area (Å²) < 4.78 is 14.1. The van der Waals surface area contributed by atoms with Crippen LogP contribution >= 0.6 is 27.7 Å². The van der Waals surface area contributed by atoms with E-state index < -0.39 is 0 Å². The predicted molar refractivity (Wildman–Crippen MR) is 87.4 cm³/mol. The van der Waals surface area contributed by atoms with Crippen molar-refractivity contribution in [3.8, 4) is 0 Å². The van der Waals surface area contributed by atoms with Crippen LogP contribution in [0.2, 0.25) is 0 Å². The lowest BCUT2D eigenvalue weighted by atomic mass is 10.0. The Kier molecular flexibility index (Phi) is 5.64. The van der Waals surface area contributed by atoms with Gasteiger partial charge in [0.15, 0.2) is 0 Å². The first-order chi connectivity index (χ1) is 9.61. The first-order valence-electron chi connectivity index (χ1n) is 6.54. The monoisotopic (exact) mass is 353 g/mol. The first-order valence-corrected chi connectivity index (χ1v) is 8.21. The fourth-order valence-corrected chi connectivity index (χ4v) is 3.78. The summed E-state index contributed by atoms with van der Waals surface area (Å²) in [5, 5.41) is 0.110. The van der Waals surface area contributed by atoms with Gasteiger partial charge in [-0.25, -0.2) is 4.39 Å². The van der Waals surface area contributed by atoms with Crippen molar-refractivity contribution in [3.63, 3.8) is 0 Å². The molecule has 0 fully saturated rings. The van der Waals surface area contributed by atoms with Crippen LogP contribution in [0.25, 0.3) is 0 Å². The Morgan fingerprint density at radius 2 is 1.80 bits per heavy atom. The predicted octanol–water partition coefficient (Wildman–Crippen LogP) is 5.16. The number of nitrogens with two attached hydrogens (primary N) is 1. The molecule has 2 unspecified atom stereocenters. The van der Waals surface area contributed by atoms with Gasteiger partial charge in [0.1, 0.15) is 5.82 Å². The van der Waals surface area contributed by atoms with Gasteiger partial charge in [0.2, 0.25) is 0 Å². The summed E-state index contributed by atoms with van der Waals surface area (Å²) in [7, 11) is 0. The smallest absolute Gasteiger partial charge is 0.123 e. The van der Waals surface area contributed by atoms with E-state index in [2.05, 4.69) is 28.9 Å². The number of halogens is 2. The van der Waals surface area contributed by atoms with Crippen molar-refractivity contribution >= 4 is 27.7 Å². The molecule has 0 aromatic heterocycles. The molecule has 2 N–H and O–H groups in total. The van der Waals surface area contributed by atoms with Gasteiger partial charge >= 0.3 is 0 Å². The largest absolute Gasteiger partial charge is 0.326 e. The Labute approximate surface area is 131 Å². The van der Waals surface area contributed by atoms with Crippen molar-refractivity contribution in [2.45, 2.75) is 29.5 Å². The molecule has 2 aromatic rings. The lowest BCUT2D eigenvalue weighted by molar-refractivity contribution is 0.618. The van der Waals surface area contributed by atoms with Crippen LogP contribution in [-0.2, 0) is 0 Å². The molecule has 0 spiro atoms. The highest BCUT2D eigenvalue weighted by molar-refractivity contribution is 9.10. The zero-order valence-electron chi connectivity index (χ0n) is 11.2. The summed E-state index contributed by atoms with van der Waals surface area (Å²) in [6.07, 6.45) is 0.874. The minimum absolute atomic E-state index is 0.0255. The second-order valence-corrected chi connectivity index (χ2v) is 6.63. The molecule has 2 rings (SSSR count). The van der Waals surface area contributed by atoms with Crippen molar-refractivity contribution in [2.24, 2.45) is 5.73 Å². The van der Waals surface area contributed by atoms with E-state index in [1.807, 2.05) is 30.3 Å². The molecule has 0 radical (unpaired) electrons. The molecule has 0 aliphatic rings. The molecular weight excluding hydrogens is 337 g/mol. The summed E-state index contributed by atoms with van der Waals surface area (Å²) in [6, 6.07) is 14.7. The van der Waals surface area contributed by atoms with E-state index >= 15 is 0 Å². The molecule has 0 saturated heterocycles. The third-order valence-corrected chi connectivity index (χ3v) is 5.59. The second kappa shape index (κ2) is 7.25. The minimum atomic E-state index is -0.219. The number of hydrogen-bond donors (Lipinski definition) is 1. The fraction of sp³-hybridized carbons (Fsp3) is 0.250. The van der Waals surface area contributed by atoms with Crippen molar-refractivity contribution < 1.29 is 4.39 Å². The average molecular weight is 354 g/mol. The van der Waals surface area contributed by atoms with E-state index in [4.69, 9.17) is 5.73 Å². The molecule has 0 aliphatic carbocycles. The Bertz CT molecular complexity index is 559. The Hall–Kier alpha value is -0.840. The topological polar surface area (TPSA) is 26.0 Å². The molecule has 0 aliphatic heterocycles. The maximum atomic E-state index is 13.1. The number of benzene rings is 2. The molecule has 1 nitrogen and oxygen atoms in total. The first kappa shape index (κ1) is 15.5. The number of rotatable bonds is 5. The van der Waals surface area contributed by atoms with Crippen LogP contribution in [0.5, 0.6) is 0 Å². The van der Waals surface area contributed by atoms with Gasteiger partial charge in [-0.1, -0.05) is 31.2 Å². The van der Waals surface area contributed by atoms with Crippen LogP contribution in [0.4, 0.5) is 4.39 Å². The SMILES string of the molecule is CCC(N)C(Sc1ccccc1Br)c1ccc(F)cc1. The van der Waals surface area contributed by atoms with Crippen LogP contribution in [-0.4, -0.2) is 6.04 Å². The van der Waals surface area contributed by atoms with Crippen molar-refractivity contribution in [1.29, 1.82) is 0 Å². The van der Waals surface area contributed by atoms with Crippen LogP contribution in [0, 0.1) is 5.82 Å². The maximum absolute atomic E-state index is 13.1. The molecule has 2 atom stereocenters. The van der Waals surface area contributed by atoms with E-state index in [-0.39, 0.29) is 17.1 Å². The van der Waals surface area contributed by atoms with Gasteiger partial charge in [0, 0.05) is 20.7 Å². The highest BCUT2D eigenvalue weighted by Crippen LogP contribution is 2.40. The second-order valence-electron chi connectivity index (χ2n) is 4.59. The number of hydrogen-bond acceptors (Lipinski definition) is 2. The standard InChI is InChI=1S/C16H17BrFNS/c1-2-14(19)16(11-7-9-12(18)10-8-11)20-15-6-4-3-5-13(15)17/h3-10,14,16H,2,19H2,1H3. The lowest BCUT2D eigenvalue weighted by Crippen LogP contribution is -2.25. The molecule has 0 bridgehead atoms. The van der Waals surface area contributed by atoms with Crippen LogP contribution < -0.4 is 5.73 Å². The van der Waals surface area contributed by atoms with E-state index in [0.717, 1.165) is 21.4 Å². The summed E-state index contributed by atoms with van der Waals surface area (Å²) in [6.45, 7) is 2.07. The van der Waals surface area contributed by atoms with E-state index in [1.165, 1.54) is 12.1 Å². The maximum Gasteiger partial charge on any atom is 0.123 e. The van der Waals surface area contributed by atoms with E-state index in [9.17, 15) is 4.39 Å². The summed E-state index contributed by atoms with van der Waals surface area (Å²) >= 11 is 5.27. The van der Waals surface area contributed by atoms with Crippen molar-refractivity contribution in [3.05, 3.63) is 64.4 Å². The molecule has 4 heteroatoms. The molecule has 20 heavy (non-hydrogen) atoms. The summed E-state index contributed by atoms with van der Waals surface area (Å²) in [4.78, 5) is 1.14. The van der Waals surface area contributed by atoms with E-state index in [0.29, 0.717) is 0 Å². The van der Waals surface area contributed by atoms with Gasteiger partial charge in [-0.05, 0) is 52.2 Å². The quantitative estimate of drug-likeness (QED) is 0.751. The molecule has 0 saturated carbocycles. The van der Waals surface area contributed by atoms with Gasteiger partial charge in [-0.2, -0.15) is 0 Å². The minimum Gasteiger partial charge on any atom is -0.326 e. The third-order valence-electron chi connectivity index (χ3n) is 3.15. The van der Waals surface area contributed by atoms with Gasteiger partial charge in [0.05, 0.1) is 0 Å². The third kappa shape index (κ3) is 3.84. The Morgan fingerprint density at radius 3 is 2.40 bits per heavy atom. The Balaban J connectivity index is 2.29. The van der Waals surface area contributed by atoms with Gasteiger partial charge in [-0.3, -0.25) is 0 Å².